The third-order valence-electron chi connectivity index (χ3n) is 4.66. The van der Waals surface area contributed by atoms with Crippen LogP contribution in [-0.4, -0.2) is 75.7 Å². The summed E-state index contributed by atoms with van der Waals surface area (Å²) in [5, 5.41) is 3.27. The van der Waals surface area contributed by atoms with E-state index < -0.39 is 22.8 Å². The van der Waals surface area contributed by atoms with Crippen molar-refractivity contribution in [3.63, 3.8) is 0 Å². The second-order valence-electron chi connectivity index (χ2n) is 6.47. The molecule has 0 spiro atoms. The SMILES string of the molecule is O=S(=O)(c1ccc(OCC(F)(F)F)cc1)N1CCC(N2CCNCC2)C1. The Morgan fingerprint density at radius 2 is 1.77 bits per heavy atom. The highest BCUT2D eigenvalue weighted by atomic mass is 32.2. The van der Waals surface area contributed by atoms with Crippen molar-refractivity contribution < 1.29 is 26.3 Å². The molecule has 2 saturated heterocycles. The second-order valence-corrected chi connectivity index (χ2v) is 8.40. The normalized spacial score (nSPS) is 23.3. The van der Waals surface area contributed by atoms with Gasteiger partial charge in [0.1, 0.15) is 5.75 Å². The molecular weight excluding hydrogens is 371 g/mol. The van der Waals surface area contributed by atoms with Crippen molar-refractivity contribution in [3.05, 3.63) is 24.3 Å². The van der Waals surface area contributed by atoms with Crippen LogP contribution in [0.2, 0.25) is 0 Å². The van der Waals surface area contributed by atoms with Crippen LogP contribution in [0.25, 0.3) is 0 Å². The summed E-state index contributed by atoms with van der Waals surface area (Å²) >= 11 is 0. The number of halogens is 3. The molecule has 0 radical (unpaired) electrons. The van der Waals surface area contributed by atoms with Crippen molar-refractivity contribution in [1.82, 2.24) is 14.5 Å². The van der Waals surface area contributed by atoms with E-state index in [9.17, 15) is 21.6 Å². The molecule has 1 N–H and O–H groups in total. The van der Waals surface area contributed by atoms with Gasteiger partial charge in [-0.2, -0.15) is 17.5 Å². The molecule has 1 aromatic rings. The van der Waals surface area contributed by atoms with Crippen molar-refractivity contribution in [2.75, 3.05) is 45.9 Å². The van der Waals surface area contributed by atoms with Gasteiger partial charge < -0.3 is 10.1 Å². The number of nitrogens with zero attached hydrogens (tertiary/aromatic N) is 2. The van der Waals surface area contributed by atoms with Gasteiger partial charge in [0, 0.05) is 45.3 Å². The molecule has 1 aromatic carbocycles. The summed E-state index contributed by atoms with van der Waals surface area (Å²) in [7, 11) is -3.66. The van der Waals surface area contributed by atoms with Crippen LogP contribution < -0.4 is 10.1 Å². The van der Waals surface area contributed by atoms with Crippen LogP contribution in [0.1, 0.15) is 6.42 Å². The Morgan fingerprint density at radius 1 is 1.12 bits per heavy atom. The lowest BCUT2D eigenvalue weighted by Crippen LogP contribution is -2.49. The number of ether oxygens (including phenoxy) is 1. The minimum atomic E-state index is -4.43. The summed E-state index contributed by atoms with van der Waals surface area (Å²) in [6.07, 6.45) is -3.65. The predicted molar refractivity (Wildman–Crippen MR) is 89.6 cm³/mol. The van der Waals surface area contributed by atoms with E-state index in [-0.39, 0.29) is 16.7 Å². The van der Waals surface area contributed by atoms with Crippen molar-refractivity contribution >= 4 is 10.0 Å². The highest BCUT2D eigenvalue weighted by Gasteiger charge is 2.35. The summed E-state index contributed by atoms with van der Waals surface area (Å²) in [5.41, 5.74) is 0. The van der Waals surface area contributed by atoms with Gasteiger partial charge in [-0.05, 0) is 30.7 Å². The lowest BCUT2D eigenvalue weighted by atomic mass is 10.2. The molecule has 0 saturated carbocycles. The zero-order valence-corrected chi connectivity index (χ0v) is 15.0. The van der Waals surface area contributed by atoms with E-state index in [4.69, 9.17) is 0 Å². The summed E-state index contributed by atoms with van der Waals surface area (Å²) in [6.45, 7) is 3.11. The molecule has 0 bridgehead atoms. The Labute approximate surface area is 151 Å². The van der Waals surface area contributed by atoms with Crippen LogP contribution >= 0.6 is 0 Å². The molecule has 0 aliphatic carbocycles. The van der Waals surface area contributed by atoms with E-state index >= 15 is 0 Å². The Balaban J connectivity index is 1.62. The van der Waals surface area contributed by atoms with E-state index in [2.05, 4.69) is 15.0 Å². The Kier molecular flexibility index (Phi) is 5.75. The summed E-state index contributed by atoms with van der Waals surface area (Å²) < 4.78 is 68.1. The molecule has 0 aromatic heterocycles. The maximum Gasteiger partial charge on any atom is 0.422 e. The first kappa shape index (κ1) is 19.4. The molecule has 0 amide bonds. The van der Waals surface area contributed by atoms with Gasteiger partial charge >= 0.3 is 6.18 Å². The van der Waals surface area contributed by atoms with E-state index in [1.54, 1.807) is 0 Å². The number of sulfonamides is 1. The summed E-state index contributed by atoms with van der Waals surface area (Å²) in [6, 6.07) is 5.30. The van der Waals surface area contributed by atoms with Crippen LogP contribution in [0.5, 0.6) is 5.75 Å². The molecule has 1 atom stereocenters. The van der Waals surface area contributed by atoms with Crippen molar-refractivity contribution in [2.45, 2.75) is 23.5 Å². The molecular formula is C16H22F3N3O3S. The summed E-state index contributed by atoms with van der Waals surface area (Å²) in [5.74, 6) is -0.0126. The van der Waals surface area contributed by atoms with Gasteiger partial charge in [-0.1, -0.05) is 0 Å². The zero-order chi connectivity index (χ0) is 18.8. The molecule has 1 unspecified atom stereocenters. The smallest absolute Gasteiger partial charge is 0.422 e. The second kappa shape index (κ2) is 7.71. The van der Waals surface area contributed by atoms with Gasteiger partial charge in [0.25, 0.3) is 0 Å². The molecule has 2 heterocycles. The fraction of sp³-hybridized carbons (Fsp3) is 0.625. The average Bonchev–Trinajstić information content (AvgIpc) is 3.11. The number of benzene rings is 1. The fourth-order valence-corrected chi connectivity index (χ4v) is 4.79. The molecule has 6 nitrogen and oxygen atoms in total. The van der Waals surface area contributed by atoms with E-state index in [1.807, 2.05) is 0 Å². The van der Waals surface area contributed by atoms with Gasteiger partial charge in [0.15, 0.2) is 6.61 Å². The van der Waals surface area contributed by atoms with E-state index in [1.165, 1.54) is 28.6 Å². The number of piperazine rings is 1. The van der Waals surface area contributed by atoms with Crippen LogP contribution in [-0.2, 0) is 10.0 Å². The third-order valence-corrected chi connectivity index (χ3v) is 6.54. The largest absolute Gasteiger partial charge is 0.484 e. The molecule has 3 rings (SSSR count). The fourth-order valence-electron chi connectivity index (χ4n) is 3.30. The maximum atomic E-state index is 12.8. The van der Waals surface area contributed by atoms with Crippen LogP contribution in [0.15, 0.2) is 29.2 Å². The Bertz CT molecular complexity index is 704. The molecule has 26 heavy (non-hydrogen) atoms. The number of rotatable bonds is 5. The van der Waals surface area contributed by atoms with Crippen molar-refractivity contribution in [1.29, 1.82) is 0 Å². The zero-order valence-electron chi connectivity index (χ0n) is 14.2. The highest BCUT2D eigenvalue weighted by molar-refractivity contribution is 7.89. The van der Waals surface area contributed by atoms with E-state index in [0.717, 1.165) is 32.6 Å². The lowest BCUT2D eigenvalue weighted by Gasteiger charge is -2.32. The van der Waals surface area contributed by atoms with Gasteiger partial charge in [-0.15, -0.1) is 0 Å². The Morgan fingerprint density at radius 3 is 2.38 bits per heavy atom. The van der Waals surface area contributed by atoms with Crippen molar-refractivity contribution in [3.8, 4) is 5.75 Å². The number of nitrogens with one attached hydrogen (secondary N) is 1. The minimum absolute atomic E-state index is 0.0126. The first-order valence-corrected chi connectivity index (χ1v) is 9.94. The number of hydrogen-bond acceptors (Lipinski definition) is 5. The highest BCUT2D eigenvalue weighted by Crippen LogP contribution is 2.26. The quantitative estimate of drug-likeness (QED) is 0.817. The maximum absolute atomic E-state index is 12.8. The number of alkyl halides is 3. The van der Waals surface area contributed by atoms with E-state index in [0.29, 0.717) is 13.1 Å². The van der Waals surface area contributed by atoms with Crippen LogP contribution in [0.4, 0.5) is 13.2 Å². The van der Waals surface area contributed by atoms with Gasteiger partial charge in [-0.3, -0.25) is 4.90 Å². The van der Waals surface area contributed by atoms with Crippen LogP contribution in [0.3, 0.4) is 0 Å². The molecule has 2 aliphatic rings. The molecule has 2 fully saturated rings. The molecule has 10 heteroatoms. The standard InChI is InChI=1S/C16H22F3N3O3S/c17-16(18,19)12-25-14-1-3-15(4-2-14)26(23,24)22-8-5-13(11-22)21-9-6-20-7-10-21/h1-4,13,20H,5-12H2. The monoisotopic (exact) mass is 393 g/mol. The van der Waals surface area contributed by atoms with Crippen LogP contribution in [0, 0.1) is 0 Å². The predicted octanol–water partition coefficient (Wildman–Crippen LogP) is 1.30. The Hall–Kier alpha value is -1.36. The topological polar surface area (TPSA) is 61.9 Å². The van der Waals surface area contributed by atoms with Gasteiger partial charge in [0.2, 0.25) is 10.0 Å². The van der Waals surface area contributed by atoms with Crippen molar-refractivity contribution in [2.24, 2.45) is 0 Å². The average molecular weight is 393 g/mol. The molecule has 146 valence electrons. The van der Waals surface area contributed by atoms with Gasteiger partial charge in [-0.25, -0.2) is 8.42 Å². The molecule has 2 aliphatic heterocycles. The first-order valence-electron chi connectivity index (χ1n) is 8.50. The summed E-state index contributed by atoms with van der Waals surface area (Å²) in [4.78, 5) is 2.37. The lowest BCUT2D eigenvalue weighted by molar-refractivity contribution is -0.153. The van der Waals surface area contributed by atoms with Gasteiger partial charge in [0.05, 0.1) is 4.90 Å². The first-order chi connectivity index (χ1) is 12.3. The third kappa shape index (κ3) is 4.67. The number of hydrogen-bond donors (Lipinski definition) is 1. The minimum Gasteiger partial charge on any atom is -0.484 e.